The molecule has 0 atom stereocenters. The topological polar surface area (TPSA) is 159 Å². The summed E-state index contributed by atoms with van der Waals surface area (Å²) < 4.78 is 51.7. The summed E-state index contributed by atoms with van der Waals surface area (Å²) in [5, 5.41) is 8.16. The molecule has 0 radical (unpaired) electrons. The molecule has 15 heteroatoms. The van der Waals surface area contributed by atoms with Crippen molar-refractivity contribution in [3.05, 3.63) is 96.6 Å². The SMILES string of the molecule is C#Cc1cccc(Nc2ncnc3cc(OCCOCCOCCOCCOc4cc5c(Nc6cccc(C#C)c6)ncnc5cc4OCCOC)c(OCCOC)cc23)c1. The first-order chi connectivity index (χ1) is 30.1. The van der Waals surface area contributed by atoms with E-state index in [1.807, 2.05) is 72.8 Å². The predicted molar refractivity (Wildman–Crippen MR) is 233 cm³/mol. The van der Waals surface area contributed by atoms with Crippen LogP contribution >= 0.6 is 0 Å². The van der Waals surface area contributed by atoms with Gasteiger partial charge >= 0.3 is 0 Å². The number of hydrogen-bond acceptors (Lipinski definition) is 15. The van der Waals surface area contributed by atoms with Gasteiger partial charge < -0.3 is 53.3 Å². The van der Waals surface area contributed by atoms with Crippen LogP contribution in [0.4, 0.5) is 23.0 Å². The summed E-state index contributed by atoms with van der Waals surface area (Å²) in [6, 6.07) is 22.4. The van der Waals surface area contributed by atoms with Gasteiger partial charge in [-0.05, 0) is 48.5 Å². The van der Waals surface area contributed by atoms with Crippen LogP contribution < -0.4 is 29.6 Å². The van der Waals surface area contributed by atoms with Crippen molar-refractivity contribution in [2.24, 2.45) is 0 Å². The van der Waals surface area contributed by atoms with E-state index in [0.29, 0.717) is 112 Å². The number of aromatic nitrogens is 4. The molecule has 61 heavy (non-hydrogen) atoms. The van der Waals surface area contributed by atoms with E-state index in [4.69, 9.17) is 55.5 Å². The molecule has 0 saturated carbocycles. The summed E-state index contributed by atoms with van der Waals surface area (Å²) in [5.41, 5.74) is 4.47. The molecule has 2 heterocycles. The first-order valence-corrected chi connectivity index (χ1v) is 19.6. The van der Waals surface area contributed by atoms with Gasteiger partial charge in [-0.15, -0.1) is 12.8 Å². The van der Waals surface area contributed by atoms with Gasteiger partial charge in [0, 0.05) is 59.6 Å². The van der Waals surface area contributed by atoms with Crippen molar-refractivity contribution in [1.82, 2.24) is 19.9 Å². The summed E-state index contributed by atoms with van der Waals surface area (Å²) >= 11 is 0. The molecule has 0 aliphatic heterocycles. The number of terminal acetylenes is 2. The highest BCUT2D eigenvalue weighted by Gasteiger charge is 2.15. The third kappa shape index (κ3) is 13.1. The average Bonchev–Trinajstić information content (AvgIpc) is 3.28. The predicted octanol–water partition coefficient (Wildman–Crippen LogP) is 6.58. The summed E-state index contributed by atoms with van der Waals surface area (Å²) in [4.78, 5) is 17.8. The molecule has 0 aliphatic rings. The number of hydrogen-bond donors (Lipinski definition) is 2. The van der Waals surface area contributed by atoms with Crippen LogP contribution in [-0.4, -0.2) is 113 Å². The van der Waals surface area contributed by atoms with Crippen LogP contribution in [0.25, 0.3) is 21.8 Å². The van der Waals surface area contributed by atoms with E-state index in [9.17, 15) is 0 Å². The number of rotatable bonds is 26. The van der Waals surface area contributed by atoms with E-state index in [2.05, 4.69) is 42.4 Å². The molecule has 2 aromatic heterocycles. The van der Waals surface area contributed by atoms with Crippen LogP contribution in [0.5, 0.6) is 23.0 Å². The number of nitrogens with one attached hydrogen (secondary N) is 2. The number of benzene rings is 4. The molecule has 4 aromatic carbocycles. The minimum absolute atomic E-state index is 0.277. The van der Waals surface area contributed by atoms with E-state index in [1.165, 1.54) is 12.7 Å². The molecule has 2 N–H and O–H groups in total. The molecule has 0 amide bonds. The van der Waals surface area contributed by atoms with Crippen LogP contribution in [0.1, 0.15) is 11.1 Å². The standard InChI is InChI=1S/C46H48N6O9/c1-5-33-9-7-11-35(25-33)51-45-37-27-41(58-21-13-53-3)44(30-40(37)48-32-49-45)61-24-20-57-18-16-55-15-17-56-19-23-60-42-28-38-39(29-43(42)59-22-14-54-4)47-31-50-46(38)52-36-12-8-10-34(6-2)26-36/h1-2,7-12,25-32H,13-24H2,3-4H3,(H,47,50,52)(H,48,49,51). The van der Waals surface area contributed by atoms with Crippen molar-refractivity contribution in [2.45, 2.75) is 0 Å². The van der Waals surface area contributed by atoms with E-state index in [0.717, 1.165) is 33.3 Å². The van der Waals surface area contributed by atoms with E-state index in [1.54, 1.807) is 14.2 Å². The lowest BCUT2D eigenvalue weighted by molar-refractivity contribution is 0.00470. The van der Waals surface area contributed by atoms with Gasteiger partial charge in [0.2, 0.25) is 0 Å². The molecule has 0 spiro atoms. The second-order valence-electron chi connectivity index (χ2n) is 13.0. The zero-order valence-corrected chi connectivity index (χ0v) is 34.2. The van der Waals surface area contributed by atoms with E-state index >= 15 is 0 Å². The molecule has 316 valence electrons. The fourth-order valence-corrected chi connectivity index (χ4v) is 5.86. The molecule has 0 saturated heterocycles. The monoisotopic (exact) mass is 828 g/mol. The second-order valence-corrected chi connectivity index (χ2v) is 13.0. The number of ether oxygens (including phenoxy) is 9. The van der Waals surface area contributed by atoms with Gasteiger partial charge in [0.15, 0.2) is 23.0 Å². The minimum atomic E-state index is 0.277. The van der Waals surface area contributed by atoms with Crippen molar-refractivity contribution in [2.75, 3.05) is 104 Å². The van der Waals surface area contributed by atoms with Gasteiger partial charge in [0.25, 0.3) is 0 Å². The first-order valence-electron chi connectivity index (χ1n) is 19.6. The first kappa shape index (κ1) is 43.8. The highest BCUT2D eigenvalue weighted by Crippen LogP contribution is 2.36. The van der Waals surface area contributed by atoms with E-state index < -0.39 is 0 Å². The van der Waals surface area contributed by atoms with Crippen molar-refractivity contribution >= 4 is 44.8 Å². The highest BCUT2D eigenvalue weighted by atomic mass is 16.6. The van der Waals surface area contributed by atoms with Crippen molar-refractivity contribution < 1.29 is 42.6 Å². The van der Waals surface area contributed by atoms with Crippen molar-refractivity contribution in [3.8, 4) is 47.7 Å². The third-order valence-corrected chi connectivity index (χ3v) is 8.79. The summed E-state index contributed by atoms with van der Waals surface area (Å²) in [5.74, 6) is 8.61. The number of fused-ring (bicyclic) bond motifs is 2. The molecular formula is C46H48N6O9. The maximum absolute atomic E-state index is 6.12. The maximum atomic E-state index is 6.12. The Morgan fingerprint density at radius 2 is 0.836 bits per heavy atom. The molecular weight excluding hydrogens is 781 g/mol. The maximum Gasteiger partial charge on any atom is 0.163 e. The van der Waals surface area contributed by atoms with Crippen LogP contribution in [-0.2, 0) is 23.7 Å². The smallest absolute Gasteiger partial charge is 0.163 e. The van der Waals surface area contributed by atoms with Crippen LogP contribution in [0.3, 0.4) is 0 Å². The van der Waals surface area contributed by atoms with Crippen LogP contribution in [0.2, 0.25) is 0 Å². The lowest BCUT2D eigenvalue weighted by Gasteiger charge is -2.16. The van der Waals surface area contributed by atoms with Crippen LogP contribution in [0.15, 0.2) is 85.5 Å². The lowest BCUT2D eigenvalue weighted by atomic mass is 10.2. The summed E-state index contributed by atoms with van der Waals surface area (Å²) in [7, 11) is 3.23. The Morgan fingerprint density at radius 3 is 1.23 bits per heavy atom. The van der Waals surface area contributed by atoms with E-state index in [-0.39, 0.29) is 13.2 Å². The normalized spacial score (nSPS) is 10.9. The molecule has 0 fully saturated rings. The Bertz CT molecular complexity index is 2420. The summed E-state index contributed by atoms with van der Waals surface area (Å²) in [6.07, 6.45) is 14.2. The Kier molecular flexibility index (Phi) is 17.1. The van der Waals surface area contributed by atoms with Gasteiger partial charge in [-0.2, -0.15) is 0 Å². The Morgan fingerprint density at radius 1 is 0.459 bits per heavy atom. The zero-order valence-electron chi connectivity index (χ0n) is 34.2. The van der Waals surface area contributed by atoms with Gasteiger partial charge in [-0.25, -0.2) is 19.9 Å². The number of nitrogens with zero attached hydrogens (tertiary/aromatic N) is 4. The number of methoxy groups -OCH3 is 2. The largest absolute Gasteiger partial charge is 0.487 e. The molecule has 15 nitrogen and oxygen atoms in total. The van der Waals surface area contributed by atoms with Gasteiger partial charge in [-0.3, -0.25) is 0 Å². The third-order valence-electron chi connectivity index (χ3n) is 8.79. The fourth-order valence-electron chi connectivity index (χ4n) is 5.86. The summed E-state index contributed by atoms with van der Waals surface area (Å²) in [6.45, 7) is 4.28. The molecule has 0 bridgehead atoms. The second kappa shape index (κ2) is 23.8. The quantitative estimate of drug-likeness (QED) is 0.0446. The Hall–Kier alpha value is -6.72. The van der Waals surface area contributed by atoms with Crippen molar-refractivity contribution in [1.29, 1.82) is 0 Å². The van der Waals surface area contributed by atoms with Gasteiger partial charge in [0.05, 0.1) is 63.9 Å². The minimum Gasteiger partial charge on any atom is -0.487 e. The lowest BCUT2D eigenvalue weighted by Crippen LogP contribution is -2.15. The fraction of sp³-hybridized carbons (Fsp3) is 0.304. The zero-order chi connectivity index (χ0) is 42.5. The Labute approximate surface area is 355 Å². The molecule has 0 aliphatic carbocycles. The molecule has 0 unspecified atom stereocenters. The number of anilines is 4. The molecule has 6 rings (SSSR count). The molecule has 6 aromatic rings. The highest BCUT2D eigenvalue weighted by molar-refractivity contribution is 5.94. The van der Waals surface area contributed by atoms with Crippen molar-refractivity contribution in [3.63, 3.8) is 0 Å². The average molecular weight is 829 g/mol. The van der Waals surface area contributed by atoms with Crippen LogP contribution in [0, 0.1) is 24.7 Å². The van der Waals surface area contributed by atoms with Gasteiger partial charge in [0.1, 0.15) is 50.7 Å². The Balaban J connectivity index is 0.919. The van der Waals surface area contributed by atoms with Gasteiger partial charge in [-0.1, -0.05) is 24.0 Å².